The third-order valence-corrected chi connectivity index (χ3v) is 6.58. The summed E-state index contributed by atoms with van der Waals surface area (Å²) in [5, 5.41) is 0.693. The third-order valence-electron chi connectivity index (χ3n) is 3.90. The Hall–Kier alpha value is -1.97. The number of nitrogens with zero attached hydrogens (tertiary/aromatic N) is 5. The van der Waals surface area contributed by atoms with Crippen LogP contribution in [0, 0.1) is 0 Å². The molecule has 2 heterocycles. The van der Waals surface area contributed by atoms with Gasteiger partial charge in [0, 0.05) is 33.0 Å². The number of rotatable bonds is 7. The van der Waals surface area contributed by atoms with Crippen LogP contribution in [0.2, 0.25) is 0 Å². The fourth-order valence-corrected chi connectivity index (χ4v) is 4.27. The smallest absolute Gasteiger partial charge is 0.242 e. The van der Waals surface area contributed by atoms with Gasteiger partial charge in [0.15, 0.2) is 5.16 Å². The van der Waals surface area contributed by atoms with E-state index >= 15 is 0 Å². The molecule has 3 rings (SSSR count). The van der Waals surface area contributed by atoms with Gasteiger partial charge >= 0.3 is 0 Å². The van der Waals surface area contributed by atoms with Crippen LogP contribution < -0.4 is 0 Å². The number of imidazole rings is 1. The Labute approximate surface area is 157 Å². The van der Waals surface area contributed by atoms with E-state index in [4.69, 9.17) is 0 Å². The van der Waals surface area contributed by atoms with E-state index in [1.165, 1.54) is 30.2 Å². The van der Waals surface area contributed by atoms with Crippen LogP contribution in [0.1, 0.15) is 19.2 Å². The highest BCUT2D eigenvalue weighted by atomic mass is 32.2. The van der Waals surface area contributed by atoms with Gasteiger partial charge in [0.25, 0.3) is 0 Å². The summed E-state index contributed by atoms with van der Waals surface area (Å²) >= 11 is 1.51. The molecule has 0 fully saturated rings. The summed E-state index contributed by atoms with van der Waals surface area (Å²) in [7, 11) is -0.431. The number of thioether (sulfide) groups is 1. The van der Waals surface area contributed by atoms with Crippen LogP contribution in [0.5, 0.6) is 0 Å². The molecule has 2 aromatic heterocycles. The zero-order valence-electron chi connectivity index (χ0n) is 15.0. The van der Waals surface area contributed by atoms with Gasteiger partial charge in [-0.15, -0.1) is 0 Å². The summed E-state index contributed by atoms with van der Waals surface area (Å²) in [6.45, 7) is 2.93. The highest BCUT2D eigenvalue weighted by Gasteiger charge is 2.19. The third kappa shape index (κ3) is 3.74. The molecule has 0 unspecified atom stereocenters. The molecular weight excluding hydrogens is 370 g/mol. The first-order valence-corrected chi connectivity index (χ1v) is 10.7. The molecular formula is C17H21N5O2S2. The van der Waals surface area contributed by atoms with E-state index in [1.807, 2.05) is 6.07 Å². The molecule has 138 valence electrons. The van der Waals surface area contributed by atoms with Crippen LogP contribution in [0.3, 0.4) is 0 Å². The molecule has 26 heavy (non-hydrogen) atoms. The second-order valence-corrected chi connectivity index (χ2v) is 9.03. The quantitative estimate of drug-likeness (QED) is 0.455. The summed E-state index contributed by atoms with van der Waals surface area (Å²) in [5.41, 5.74) is 1.63. The molecule has 1 aromatic carbocycles. The summed E-state index contributed by atoms with van der Waals surface area (Å²) in [4.78, 5) is 13.4. The topological polar surface area (TPSA) is 81.0 Å². The number of benzene rings is 1. The minimum atomic E-state index is -3.48. The summed E-state index contributed by atoms with van der Waals surface area (Å²) in [5.74, 6) is 1.51. The molecule has 7 nitrogen and oxygen atoms in total. The predicted octanol–water partition coefficient (Wildman–Crippen LogP) is 2.78. The summed E-state index contributed by atoms with van der Waals surface area (Å²) in [6.07, 6.45) is 4.38. The molecule has 0 radical (unpaired) electrons. The van der Waals surface area contributed by atoms with Crippen molar-refractivity contribution >= 4 is 32.8 Å². The first-order valence-electron chi connectivity index (χ1n) is 8.25. The van der Waals surface area contributed by atoms with Gasteiger partial charge in [0.05, 0.1) is 21.7 Å². The van der Waals surface area contributed by atoms with Crippen molar-refractivity contribution in [1.29, 1.82) is 0 Å². The van der Waals surface area contributed by atoms with E-state index < -0.39 is 10.0 Å². The van der Waals surface area contributed by atoms with Crippen LogP contribution in [0.25, 0.3) is 11.0 Å². The molecule has 0 aliphatic rings. The van der Waals surface area contributed by atoms with Crippen LogP contribution in [0.4, 0.5) is 0 Å². The summed E-state index contributed by atoms with van der Waals surface area (Å²) in [6, 6.07) is 6.90. The van der Waals surface area contributed by atoms with Gasteiger partial charge in [0.2, 0.25) is 10.0 Å². The van der Waals surface area contributed by atoms with Crippen LogP contribution in [-0.2, 0) is 22.3 Å². The van der Waals surface area contributed by atoms with Crippen molar-refractivity contribution < 1.29 is 8.42 Å². The average Bonchev–Trinajstić information content (AvgIpc) is 2.98. The highest BCUT2D eigenvalue weighted by molar-refractivity contribution is 7.98. The molecule has 0 atom stereocenters. The molecule has 3 aromatic rings. The Kier molecular flexibility index (Phi) is 5.59. The Morgan fingerprint density at radius 2 is 1.92 bits per heavy atom. The van der Waals surface area contributed by atoms with Crippen molar-refractivity contribution in [1.82, 2.24) is 23.8 Å². The van der Waals surface area contributed by atoms with Gasteiger partial charge in [-0.1, -0.05) is 18.7 Å². The molecule has 9 heteroatoms. The standard InChI is InChI=1S/C17H21N5O2S2/c1-4-10-22-15-7-6-13(26(23,24)21(2)3)11-14(15)20-16(22)12-25-17-18-8-5-9-19-17/h5-9,11H,4,10,12H2,1-3H3. The second kappa shape index (κ2) is 7.73. The lowest BCUT2D eigenvalue weighted by molar-refractivity contribution is 0.521. The lowest BCUT2D eigenvalue weighted by Crippen LogP contribution is -2.22. The highest BCUT2D eigenvalue weighted by Crippen LogP contribution is 2.25. The SMILES string of the molecule is CCCn1c(CSc2ncccn2)nc2cc(S(=O)(=O)N(C)C)ccc21. The maximum Gasteiger partial charge on any atom is 0.242 e. The molecule has 0 N–H and O–H groups in total. The fourth-order valence-electron chi connectivity index (χ4n) is 2.60. The largest absolute Gasteiger partial charge is 0.327 e. The van der Waals surface area contributed by atoms with Gasteiger partial charge in [0.1, 0.15) is 5.82 Å². The Balaban J connectivity index is 1.98. The van der Waals surface area contributed by atoms with Crippen molar-refractivity contribution in [3.05, 3.63) is 42.5 Å². The van der Waals surface area contributed by atoms with E-state index in [0.29, 0.717) is 16.4 Å². The normalized spacial score (nSPS) is 12.2. The van der Waals surface area contributed by atoms with Crippen molar-refractivity contribution in [2.24, 2.45) is 0 Å². The fraction of sp³-hybridized carbons (Fsp3) is 0.353. The minimum Gasteiger partial charge on any atom is -0.327 e. The van der Waals surface area contributed by atoms with Crippen LogP contribution in [0.15, 0.2) is 46.7 Å². The zero-order chi connectivity index (χ0) is 18.7. The Morgan fingerprint density at radius 3 is 2.58 bits per heavy atom. The number of hydrogen-bond donors (Lipinski definition) is 0. The maximum absolute atomic E-state index is 12.4. The van der Waals surface area contributed by atoms with E-state index in [2.05, 4.69) is 26.4 Å². The average molecular weight is 392 g/mol. The van der Waals surface area contributed by atoms with Crippen LogP contribution in [-0.4, -0.2) is 46.3 Å². The monoisotopic (exact) mass is 391 g/mol. The maximum atomic E-state index is 12.4. The van der Waals surface area contributed by atoms with E-state index in [-0.39, 0.29) is 4.90 Å². The lowest BCUT2D eigenvalue weighted by atomic mass is 10.3. The molecule has 0 aliphatic heterocycles. The molecule has 0 amide bonds. The number of aryl methyl sites for hydroxylation is 1. The zero-order valence-corrected chi connectivity index (χ0v) is 16.6. The number of fused-ring (bicyclic) bond motifs is 1. The van der Waals surface area contributed by atoms with Crippen molar-refractivity contribution in [2.45, 2.75) is 35.7 Å². The van der Waals surface area contributed by atoms with E-state index in [1.54, 1.807) is 30.6 Å². The van der Waals surface area contributed by atoms with Gasteiger partial charge in [-0.05, 0) is 30.7 Å². The first-order chi connectivity index (χ1) is 12.4. The Bertz CT molecular complexity index is 1000. The van der Waals surface area contributed by atoms with Gasteiger partial charge in [-0.3, -0.25) is 0 Å². The van der Waals surface area contributed by atoms with Crippen molar-refractivity contribution in [3.63, 3.8) is 0 Å². The molecule has 0 spiro atoms. The van der Waals surface area contributed by atoms with Gasteiger partial charge < -0.3 is 4.57 Å². The predicted molar refractivity (Wildman–Crippen MR) is 102 cm³/mol. The van der Waals surface area contributed by atoms with Crippen molar-refractivity contribution in [2.75, 3.05) is 14.1 Å². The second-order valence-electron chi connectivity index (χ2n) is 5.94. The molecule has 0 saturated carbocycles. The molecule has 0 saturated heterocycles. The van der Waals surface area contributed by atoms with Gasteiger partial charge in [-0.2, -0.15) is 0 Å². The number of aromatic nitrogens is 4. The molecule has 0 bridgehead atoms. The molecule has 0 aliphatic carbocycles. The summed E-state index contributed by atoms with van der Waals surface area (Å²) < 4.78 is 28.1. The first kappa shape index (κ1) is 18.8. The number of sulfonamides is 1. The van der Waals surface area contributed by atoms with Crippen LogP contribution >= 0.6 is 11.8 Å². The van der Waals surface area contributed by atoms with Crippen molar-refractivity contribution in [3.8, 4) is 0 Å². The lowest BCUT2D eigenvalue weighted by Gasteiger charge is -2.11. The van der Waals surface area contributed by atoms with E-state index in [9.17, 15) is 8.42 Å². The van der Waals surface area contributed by atoms with Gasteiger partial charge in [-0.25, -0.2) is 27.7 Å². The minimum absolute atomic E-state index is 0.252. The Morgan fingerprint density at radius 1 is 1.19 bits per heavy atom. The number of hydrogen-bond acceptors (Lipinski definition) is 6. The van der Waals surface area contributed by atoms with E-state index in [0.717, 1.165) is 24.3 Å².